The number of benzene rings is 1. The predicted octanol–water partition coefficient (Wildman–Crippen LogP) is 2.18. The minimum absolute atomic E-state index is 0. The number of carbonyl (C=O) groups excluding carboxylic acids is 2. The summed E-state index contributed by atoms with van der Waals surface area (Å²) in [4.78, 5) is 30.9. The van der Waals surface area contributed by atoms with Crippen LogP contribution in [0, 0.1) is 11.8 Å². The van der Waals surface area contributed by atoms with Gasteiger partial charge in [-0.05, 0) is 37.3 Å². The summed E-state index contributed by atoms with van der Waals surface area (Å²) in [5, 5.41) is 0. The highest BCUT2D eigenvalue weighted by Crippen LogP contribution is 2.24. The molecule has 6 nitrogen and oxygen atoms in total. The molecule has 7 heteroatoms. The Morgan fingerprint density at radius 1 is 1.07 bits per heavy atom. The van der Waals surface area contributed by atoms with E-state index in [-0.39, 0.29) is 30.3 Å². The summed E-state index contributed by atoms with van der Waals surface area (Å²) in [7, 11) is 1.84. The van der Waals surface area contributed by atoms with E-state index in [2.05, 4.69) is 0 Å². The number of amides is 3. The molecule has 2 N–H and O–H groups in total. The SMILES string of the molecule is CN(Cc1ccccc1)C(=O)N1CCC(C(=O)N2CCC(CN)C2)CC1.Cl. The summed E-state index contributed by atoms with van der Waals surface area (Å²) < 4.78 is 0. The van der Waals surface area contributed by atoms with Crippen molar-refractivity contribution in [3.05, 3.63) is 35.9 Å². The molecule has 150 valence electrons. The van der Waals surface area contributed by atoms with E-state index in [0.29, 0.717) is 32.1 Å². The Balaban J connectivity index is 0.00000261. The van der Waals surface area contributed by atoms with Crippen molar-refractivity contribution in [3.8, 4) is 0 Å². The normalized spacial score (nSPS) is 20.3. The van der Waals surface area contributed by atoms with Crippen LogP contribution in [0.4, 0.5) is 4.79 Å². The van der Waals surface area contributed by atoms with E-state index in [1.165, 1.54) is 0 Å². The second kappa shape index (κ2) is 9.95. The van der Waals surface area contributed by atoms with Crippen molar-refractivity contribution in [1.29, 1.82) is 0 Å². The smallest absolute Gasteiger partial charge is 0.320 e. The van der Waals surface area contributed by atoms with Crippen LogP contribution in [-0.4, -0.2) is 66.4 Å². The van der Waals surface area contributed by atoms with Gasteiger partial charge in [-0.1, -0.05) is 30.3 Å². The van der Waals surface area contributed by atoms with Crippen LogP contribution < -0.4 is 5.73 Å². The summed E-state index contributed by atoms with van der Waals surface area (Å²) in [5.41, 5.74) is 6.84. The summed E-state index contributed by atoms with van der Waals surface area (Å²) in [6.45, 7) is 4.20. The monoisotopic (exact) mass is 394 g/mol. The highest BCUT2D eigenvalue weighted by atomic mass is 35.5. The molecule has 27 heavy (non-hydrogen) atoms. The third kappa shape index (κ3) is 5.36. The van der Waals surface area contributed by atoms with E-state index in [9.17, 15) is 9.59 Å². The van der Waals surface area contributed by atoms with Crippen molar-refractivity contribution in [2.45, 2.75) is 25.8 Å². The van der Waals surface area contributed by atoms with E-state index in [0.717, 1.165) is 37.9 Å². The van der Waals surface area contributed by atoms with Gasteiger partial charge in [-0.25, -0.2) is 4.79 Å². The quantitative estimate of drug-likeness (QED) is 0.850. The third-order valence-electron chi connectivity index (χ3n) is 5.63. The Bertz CT molecular complexity index is 620. The number of urea groups is 1. The molecule has 2 aliphatic rings. The molecule has 2 aliphatic heterocycles. The van der Waals surface area contributed by atoms with Gasteiger partial charge in [0.15, 0.2) is 0 Å². The Labute approximate surface area is 168 Å². The second-order valence-electron chi connectivity index (χ2n) is 7.56. The van der Waals surface area contributed by atoms with Gasteiger partial charge in [0.1, 0.15) is 0 Å². The van der Waals surface area contributed by atoms with Gasteiger partial charge in [0.2, 0.25) is 5.91 Å². The molecule has 3 amide bonds. The first-order valence-corrected chi connectivity index (χ1v) is 9.61. The summed E-state index contributed by atoms with van der Waals surface area (Å²) >= 11 is 0. The fourth-order valence-electron chi connectivity index (χ4n) is 3.97. The lowest BCUT2D eigenvalue weighted by Crippen LogP contribution is -2.47. The molecule has 0 bridgehead atoms. The number of piperidine rings is 1. The molecule has 0 saturated carbocycles. The average Bonchev–Trinajstić information content (AvgIpc) is 3.17. The van der Waals surface area contributed by atoms with Crippen LogP contribution in [-0.2, 0) is 11.3 Å². The maximum Gasteiger partial charge on any atom is 0.320 e. The standard InChI is InChI=1S/C20H30N4O2.ClH/c1-22(14-16-5-3-2-4-6-16)20(26)23-11-8-18(9-12-23)19(25)24-10-7-17(13-21)15-24;/h2-6,17-18H,7-15,21H2,1H3;1H. The summed E-state index contributed by atoms with van der Waals surface area (Å²) in [6, 6.07) is 10.0. The largest absolute Gasteiger partial charge is 0.342 e. The van der Waals surface area contributed by atoms with E-state index < -0.39 is 0 Å². The topological polar surface area (TPSA) is 69.9 Å². The van der Waals surface area contributed by atoms with E-state index in [4.69, 9.17) is 5.73 Å². The van der Waals surface area contributed by atoms with Crippen LogP contribution in [0.3, 0.4) is 0 Å². The fourth-order valence-corrected chi connectivity index (χ4v) is 3.97. The van der Waals surface area contributed by atoms with Gasteiger partial charge in [-0.2, -0.15) is 0 Å². The number of nitrogens with zero attached hydrogens (tertiary/aromatic N) is 3. The molecule has 1 aromatic rings. The number of nitrogens with two attached hydrogens (primary N) is 1. The Hall–Kier alpha value is -1.79. The fraction of sp³-hybridized carbons (Fsp3) is 0.600. The zero-order valence-electron chi connectivity index (χ0n) is 16.0. The number of likely N-dealkylation sites (tertiary alicyclic amines) is 2. The van der Waals surface area contributed by atoms with Gasteiger partial charge in [0.05, 0.1) is 0 Å². The second-order valence-corrected chi connectivity index (χ2v) is 7.56. The molecule has 2 heterocycles. The van der Waals surface area contributed by atoms with Crippen LogP contribution in [0.1, 0.15) is 24.8 Å². The maximum absolute atomic E-state index is 12.7. The third-order valence-corrected chi connectivity index (χ3v) is 5.63. The zero-order chi connectivity index (χ0) is 18.5. The Morgan fingerprint density at radius 2 is 1.70 bits per heavy atom. The number of carbonyl (C=O) groups is 2. The summed E-state index contributed by atoms with van der Waals surface area (Å²) in [6.07, 6.45) is 2.53. The molecule has 2 saturated heterocycles. The number of rotatable bonds is 4. The highest BCUT2D eigenvalue weighted by molar-refractivity contribution is 5.85. The van der Waals surface area contributed by atoms with Gasteiger partial charge in [-0.3, -0.25) is 4.79 Å². The molecule has 0 aromatic heterocycles. The van der Waals surface area contributed by atoms with Crippen LogP contribution in [0.25, 0.3) is 0 Å². The molecular formula is C20H31ClN4O2. The van der Waals surface area contributed by atoms with Crippen LogP contribution in [0.5, 0.6) is 0 Å². The lowest BCUT2D eigenvalue weighted by molar-refractivity contribution is -0.135. The molecule has 2 fully saturated rings. The maximum atomic E-state index is 12.7. The van der Waals surface area contributed by atoms with Gasteiger partial charge >= 0.3 is 6.03 Å². The van der Waals surface area contributed by atoms with Crippen LogP contribution in [0.15, 0.2) is 30.3 Å². The molecule has 1 aromatic carbocycles. The van der Waals surface area contributed by atoms with Crippen molar-refractivity contribution in [3.63, 3.8) is 0 Å². The number of halogens is 1. The number of hydrogen-bond acceptors (Lipinski definition) is 3. The summed E-state index contributed by atoms with van der Waals surface area (Å²) in [5.74, 6) is 0.757. The lowest BCUT2D eigenvalue weighted by Gasteiger charge is -2.35. The van der Waals surface area contributed by atoms with Gasteiger partial charge in [0.25, 0.3) is 0 Å². The highest BCUT2D eigenvalue weighted by Gasteiger charge is 2.33. The van der Waals surface area contributed by atoms with Gasteiger partial charge < -0.3 is 20.4 Å². The first-order valence-electron chi connectivity index (χ1n) is 9.61. The van der Waals surface area contributed by atoms with Crippen LogP contribution >= 0.6 is 12.4 Å². The Kier molecular flexibility index (Phi) is 7.92. The molecule has 3 rings (SSSR count). The van der Waals surface area contributed by atoms with E-state index >= 15 is 0 Å². The first kappa shape index (κ1) is 21.5. The minimum Gasteiger partial charge on any atom is -0.342 e. The zero-order valence-corrected chi connectivity index (χ0v) is 16.9. The van der Waals surface area contributed by atoms with Crippen molar-refractivity contribution in [2.75, 3.05) is 39.8 Å². The molecule has 1 atom stereocenters. The van der Waals surface area contributed by atoms with Crippen molar-refractivity contribution >= 4 is 24.3 Å². The Morgan fingerprint density at radius 3 is 2.30 bits per heavy atom. The van der Waals surface area contributed by atoms with Crippen molar-refractivity contribution in [1.82, 2.24) is 14.7 Å². The molecule has 1 unspecified atom stereocenters. The van der Waals surface area contributed by atoms with Crippen molar-refractivity contribution < 1.29 is 9.59 Å². The molecular weight excluding hydrogens is 364 g/mol. The molecule has 0 radical (unpaired) electrons. The predicted molar refractivity (Wildman–Crippen MR) is 109 cm³/mol. The molecule has 0 spiro atoms. The number of hydrogen-bond donors (Lipinski definition) is 1. The average molecular weight is 395 g/mol. The van der Waals surface area contributed by atoms with Gasteiger partial charge in [-0.15, -0.1) is 12.4 Å². The lowest BCUT2D eigenvalue weighted by atomic mass is 9.95. The van der Waals surface area contributed by atoms with Crippen molar-refractivity contribution in [2.24, 2.45) is 17.6 Å². The van der Waals surface area contributed by atoms with E-state index in [1.54, 1.807) is 4.90 Å². The first-order chi connectivity index (χ1) is 12.6. The van der Waals surface area contributed by atoms with Crippen LogP contribution in [0.2, 0.25) is 0 Å². The molecule has 0 aliphatic carbocycles. The van der Waals surface area contributed by atoms with E-state index in [1.807, 2.05) is 47.2 Å². The van der Waals surface area contributed by atoms with Gasteiger partial charge in [0, 0.05) is 45.7 Å². The minimum atomic E-state index is 0.